The summed E-state index contributed by atoms with van der Waals surface area (Å²) in [5.41, 5.74) is 4.16. The van der Waals surface area contributed by atoms with Crippen LogP contribution in [-0.2, 0) is 35.6 Å². The quantitative estimate of drug-likeness (QED) is 0.181. The van der Waals surface area contributed by atoms with Crippen molar-refractivity contribution in [1.82, 2.24) is 9.88 Å². The van der Waals surface area contributed by atoms with Gasteiger partial charge in [0.25, 0.3) is 0 Å². The van der Waals surface area contributed by atoms with Crippen molar-refractivity contribution in [2.75, 3.05) is 6.26 Å². The maximum absolute atomic E-state index is 13.2. The maximum atomic E-state index is 13.2. The zero-order valence-corrected chi connectivity index (χ0v) is 23.8. The summed E-state index contributed by atoms with van der Waals surface area (Å²) < 4.78 is 68.8. The van der Waals surface area contributed by atoms with Crippen LogP contribution in [0.1, 0.15) is 28.2 Å². The van der Waals surface area contributed by atoms with Gasteiger partial charge in [-0.1, -0.05) is 60.1 Å². The monoisotopic (exact) mass is 598 g/mol. The number of rotatable bonds is 8. The van der Waals surface area contributed by atoms with Crippen LogP contribution in [0.3, 0.4) is 0 Å². The molecular formula is C31H26ClF3N2O3S. The molecule has 10 heteroatoms. The topological polar surface area (TPSA) is 63.4 Å². The Hall–Kier alpha value is -3.66. The Morgan fingerprint density at radius 3 is 2.39 bits per heavy atom. The lowest BCUT2D eigenvalue weighted by molar-refractivity contribution is -0.153. The number of sulfone groups is 1. The molecule has 0 fully saturated rings. The number of fused-ring (bicyclic) bond motifs is 1. The van der Waals surface area contributed by atoms with Gasteiger partial charge in [-0.25, -0.2) is 8.42 Å². The van der Waals surface area contributed by atoms with E-state index in [0.29, 0.717) is 29.2 Å². The molecule has 0 amide bonds. The summed E-state index contributed by atoms with van der Waals surface area (Å²) in [7, 11) is -3.44. The molecule has 0 bridgehead atoms. The van der Waals surface area contributed by atoms with Gasteiger partial charge in [-0.15, -0.1) is 0 Å². The first-order valence-corrected chi connectivity index (χ1v) is 14.9. The summed E-state index contributed by atoms with van der Waals surface area (Å²) in [6.45, 7) is 2.89. The van der Waals surface area contributed by atoms with Crippen molar-refractivity contribution in [3.05, 3.63) is 118 Å². The third kappa shape index (κ3) is 6.64. The number of alkyl halides is 3. The Kier molecular flexibility index (Phi) is 7.96. The number of furan rings is 1. The zero-order valence-electron chi connectivity index (χ0n) is 22.2. The van der Waals surface area contributed by atoms with Crippen molar-refractivity contribution >= 4 is 32.2 Å². The molecule has 5 aromatic rings. The highest BCUT2D eigenvalue weighted by Crippen LogP contribution is 2.33. The number of aryl methyl sites for hydroxylation is 1. The van der Waals surface area contributed by atoms with Gasteiger partial charge in [-0.05, 0) is 64.2 Å². The third-order valence-corrected chi connectivity index (χ3v) is 8.33. The van der Waals surface area contributed by atoms with Gasteiger partial charge in [0, 0.05) is 42.3 Å². The molecule has 0 aliphatic heterocycles. The van der Waals surface area contributed by atoms with Crippen LogP contribution >= 0.6 is 11.6 Å². The minimum absolute atomic E-state index is 0.100. The molecule has 0 aliphatic carbocycles. The van der Waals surface area contributed by atoms with Crippen molar-refractivity contribution in [3.8, 4) is 11.1 Å². The summed E-state index contributed by atoms with van der Waals surface area (Å²) in [6.07, 6.45) is -0.601. The van der Waals surface area contributed by atoms with Crippen LogP contribution < -0.4 is 0 Å². The average molecular weight is 599 g/mol. The van der Waals surface area contributed by atoms with Crippen LogP contribution in [0.2, 0.25) is 5.02 Å². The lowest BCUT2D eigenvalue weighted by Gasteiger charge is -2.24. The van der Waals surface area contributed by atoms with Crippen LogP contribution in [-0.4, -0.2) is 24.6 Å². The molecule has 0 N–H and O–H groups in total. The van der Waals surface area contributed by atoms with E-state index in [1.54, 1.807) is 18.3 Å². The molecule has 0 saturated carbocycles. The summed E-state index contributed by atoms with van der Waals surface area (Å²) in [6, 6.07) is 21.3. The van der Waals surface area contributed by atoms with Gasteiger partial charge in [0.2, 0.25) is 5.76 Å². The second kappa shape index (κ2) is 11.3. The molecule has 0 spiro atoms. The number of nitrogens with zero attached hydrogens (tertiary/aromatic N) is 2. The fourth-order valence-electron chi connectivity index (χ4n) is 4.76. The van der Waals surface area contributed by atoms with Crippen LogP contribution in [0, 0.1) is 6.92 Å². The third-order valence-electron chi connectivity index (χ3n) is 6.90. The van der Waals surface area contributed by atoms with Crippen molar-refractivity contribution < 1.29 is 26.0 Å². The zero-order chi connectivity index (χ0) is 29.4. The minimum Gasteiger partial charge on any atom is -0.455 e. The fourth-order valence-corrected chi connectivity index (χ4v) is 5.59. The number of aromatic nitrogens is 1. The molecule has 41 heavy (non-hydrogen) atoms. The van der Waals surface area contributed by atoms with E-state index in [2.05, 4.69) is 4.98 Å². The Morgan fingerprint density at radius 1 is 0.902 bits per heavy atom. The van der Waals surface area contributed by atoms with Gasteiger partial charge < -0.3 is 4.42 Å². The van der Waals surface area contributed by atoms with E-state index in [9.17, 15) is 21.6 Å². The number of hydrogen-bond acceptors (Lipinski definition) is 5. The highest BCUT2D eigenvalue weighted by molar-refractivity contribution is 7.90. The molecule has 0 unspecified atom stereocenters. The standard InChI is InChI=1S/C31H26ClF3N2O3S/c1-20-7-8-21-5-3-4-6-27(21)28(20)19-37(18-25-11-12-30(40-25)31(33,34)35)17-23-10-9-22(14-29(23)32)24-13-26(16-36-15-24)41(2,38)39/h3-16H,17-19H2,1-2H3. The molecule has 5 nitrogen and oxygen atoms in total. The van der Waals surface area contributed by atoms with Crippen LogP contribution in [0.5, 0.6) is 0 Å². The molecule has 0 aliphatic rings. The normalized spacial score (nSPS) is 12.4. The molecule has 3 aromatic carbocycles. The van der Waals surface area contributed by atoms with E-state index in [4.69, 9.17) is 16.0 Å². The number of pyridine rings is 1. The summed E-state index contributed by atoms with van der Waals surface area (Å²) in [4.78, 5) is 6.14. The lowest BCUT2D eigenvalue weighted by Crippen LogP contribution is -2.23. The summed E-state index contributed by atoms with van der Waals surface area (Å²) >= 11 is 6.71. The maximum Gasteiger partial charge on any atom is 0.449 e. The predicted molar refractivity (Wildman–Crippen MR) is 153 cm³/mol. The second-order valence-electron chi connectivity index (χ2n) is 9.98. The lowest BCUT2D eigenvalue weighted by atomic mass is 9.99. The molecule has 212 valence electrons. The largest absolute Gasteiger partial charge is 0.455 e. The van der Waals surface area contributed by atoms with Crippen molar-refractivity contribution in [2.45, 2.75) is 37.6 Å². The predicted octanol–water partition coefficient (Wildman–Crippen LogP) is 8.08. The first-order valence-electron chi connectivity index (χ1n) is 12.7. The molecule has 2 aromatic heterocycles. The molecule has 0 radical (unpaired) electrons. The first-order chi connectivity index (χ1) is 19.4. The van der Waals surface area contributed by atoms with Gasteiger partial charge in [0.05, 0.1) is 11.4 Å². The van der Waals surface area contributed by atoms with E-state index in [-0.39, 0.29) is 17.2 Å². The highest BCUT2D eigenvalue weighted by Gasteiger charge is 2.35. The summed E-state index contributed by atoms with van der Waals surface area (Å²) in [5, 5.41) is 2.56. The van der Waals surface area contributed by atoms with Gasteiger partial charge in [-0.2, -0.15) is 13.2 Å². The Bertz CT molecular complexity index is 1830. The number of benzene rings is 3. The Morgan fingerprint density at radius 2 is 1.68 bits per heavy atom. The van der Waals surface area contributed by atoms with Crippen LogP contribution in [0.25, 0.3) is 21.9 Å². The van der Waals surface area contributed by atoms with Crippen molar-refractivity contribution in [1.29, 1.82) is 0 Å². The van der Waals surface area contributed by atoms with Gasteiger partial charge >= 0.3 is 6.18 Å². The molecule has 0 atom stereocenters. The smallest absolute Gasteiger partial charge is 0.449 e. The minimum atomic E-state index is -4.57. The van der Waals surface area contributed by atoms with Crippen LogP contribution in [0.4, 0.5) is 13.2 Å². The van der Waals surface area contributed by atoms with Gasteiger partial charge in [-0.3, -0.25) is 9.88 Å². The van der Waals surface area contributed by atoms with Crippen molar-refractivity contribution in [2.24, 2.45) is 0 Å². The van der Waals surface area contributed by atoms with E-state index < -0.39 is 21.8 Å². The Labute approximate surface area is 241 Å². The van der Waals surface area contributed by atoms with E-state index in [0.717, 1.165) is 39.8 Å². The number of halogens is 4. The van der Waals surface area contributed by atoms with E-state index >= 15 is 0 Å². The summed E-state index contributed by atoms with van der Waals surface area (Å²) in [5.74, 6) is -0.854. The van der Waals surface area contributed by atoms with E-state index in [1.165, 1.54) is 12.3 Å². The molecule has 2 heterocycles. The average Bonchev–Trinajstić information content (AvgIpc) is 3.40. The van der Waals surface area contributed by atoms with Gasteiger partial charge in [0.1, 0.15) is 5.76 Å². The number of hydrogen-bond donors (Lipinski definition) is 0. The van der Waals surface area contributed by atoms with Crippen molar-refractivity contribution in [3.63, 3.8) is 0 Å². The Balaban J connectivity index is 1.48. The first kappa shape index (κ1) is 28.9. The second-order valence-corrected chi connectivity index (χ2v) is 12.4. The molecule has 5 rings (SSSR count). The molecule has 0 saturated heterocycles. The van der Waals surface area contributed by atoms with Gasteiger partial charge in [0.15, 0.2) is 9.84 Å². The van der Waals surface area contributed by atoms with E-state index in [1.807, 2.05) is 60.4 Å². The highest BCUT2D eigenvalue weighted by atomic mass is 35.5. The fraction of sp³-hybridized carbons (Fsp3) is 0.194. The molecular weight excluding hydrogens is 573 g/mol. The van der Waals surface area contributed by atoms with Crippen LogP contribution in [0.15, 0.2) is 94.5 Å². The SMILES string of the molecule is Cc1ccc2ccccc2c1CN(Cc1ccc(C(F)(F)F)o1)Cc1ccc(-c2cncc(S(C)(=O)=O)c2)cc1Cl.